The van der Waals surface area contributed by atoms with Gasteiger partial charge in [0.25, 0.3) is 5.91 Å². The maximum absolute atomic E-state index is 12.4. The average molecular weight is 491 g/mol. The molecule has 5 nitrogen and oxygen atoms in total. The average Bonchev–Trinajstić information content (AvgIpc) is 2.92. The van der Waals surface area contributed by atoms with Crippen molar-refractivity contribution in [2.75, 3.05) is 33.6 Å². The summed E-state index contributed by atoms with van der Waals surface area (Å²) in [4.78, 5) is 16.1. The van der Waals surface area contributed by atoms with Crippen molar-refractivity contribution in [3.8, 4) is 11.5 Å². The summed E-state index contributed by atoms with van der Waals surface area (Å²) in [5.41, 5.74) is 4.44. The molecule has 0 spiro atoms. The molecule has 184 valence electrons. The van der Waals surface area contributed by atoms with Crippen LogP contribution in [0.25, 0.3) is 0 Å². The first-order valence-corrected chi connectivity index (χ1v) is 13.3. The first-order chi connectivity index (χ1) is 17.1. The second-order valence-corrected chi connectivity index (χ2v) is 9.77. The van der Waals surface area contributed by atoms with Crippen LogP contribution in [-0.4, -0.2) is 44.4 Å². The monoisotopic (exact) mass is 490 g/mol. The minimum atomic E-state index is -0.0384. The Morgan fingerprint density at radius 1 is 0.914 bits per heavy atom. The van der Waals surface area contributed by atoms with Crippen LogP contribution in [0.5, 0.6) is 11.5 Å². The third-order valence-corrected chi connectivity index (χ3v) is 7.44. The van der Waals surface area contributed by atoms with Gasteiger partial charge in [0, 0.05) is 23.5 Å². The lowest BCUT2D eigenvalue weighted by Crippen LogP contribution is -2.32. The van der Waals surface area contributed by atoms with Gasteiger partial charge in [-0.2, -0.15) is 0 Å². The number of ether oxygens (including phenoxy) is 2. The van der Waals surface area contributed by atoms with Gasteiger partial charge in [0.15, 0.2) is 11.5 Å². The summed E-state index contributed by atoms with van der Waals surface area (Å²) < 4.78 is 10.8. The topological polar surface area (TPSA) is 50.8 Å². The quantitative estimate of drug-likeness (QED) is 0.388. The van der Waals surface area contributed by atoms with Gasteiger partial charge in [0.1, 0.15) is 0 Å². The number of likely N-dealkylation sites (tertiary alicyclic amines) is 1. The number of piperidine rings is 1. The minimum absolute atomic E-state index is 0.0384. The van der Waals surface area contributed by atoms with E-state index in [-0.39, 0.29) is 5.91 Å². The molecular weight excluding hydrogens is 456 g/mol. The maximum Gasteiger partial charge on any atom is 0.251 e. The molecule has 3 aromatic rings. The summed E-state index contributed by atoms with van der Waals surface area (Å²) in [6, 6.07) is 22.6. The number of nitrogens with zero attached hydrogens (tertiary/aromatic N) is 1. The second-order valence-electron chi connectivity index (χ2n) is 8.89. The molecule has 6 heteroatoms. The molecule has 1 aliphatic rings. The van der Waals surface area contributed by atoms with Gasteiger partial charge < -0.3 is 14.8 Å². The lowest BCUT2D eigenvalue weighted by molar-refractivity contribution is 0.0951. The van der Waals surface area contributed by atoms with Crippen LogP contribution < -0.4 is 14.8 Å². The predicted molar refractivity (Wildman–Crippen MR) is 143 cm³/mol. The van der Waals surface area contributed by atoms with Crippen LogP contribution in [0.15, 0.2) is 71.6 Å². The van der Waals surface area contributed by atoms with Crippen LogP contribution in [0.4, 0.5) is 0 Å². The zero-order valence-corrected chi connectivity index (χ0v) is 21.6. The van der Waals surface area contributed by atoms with E-state index in [9.17, 15) is 4.79 Å². The van der Waals surface area contributed by atoms with Crippen LogP contribution in [0, 0.1) is 0 Å². The number of hydrogen-bond donors (Lipinski definition) is 1. The fourth-order valence-corrected chi connectivity index (χ4v) is 5.00. The predicted octanol–water partition coefficient (Wildman–Crippen LogP) is 5.74. The highest BCUT2D eigenvalue weighted by Gasteiger charge is 2.21. The molecule has 35 heavy (non-hydrogen) atoms. The largest absolute Gasteiger partial charge is 0.493 e. The molecule has 1 fully saturated rings. The fourth-order valence-electron chi connectivity index (χ4n) is 4.60. The van der Waals surface area contributed by atoms with Crippen molar-refractivity contribution in [3.63, 3.8) is 0 Å². The van der Waals surface area contributed by atoms with E-state index >= 15 is 0 Å². The van der Waals surface area contributed by atoms with Gasteiger partial charge in [0.2, 0.25) is 0 Å². The van der Waals surface area contributed by atoms with Crippen LogP contribution in [0.1, 0.15) is 45.8 Å². The molecule has 0 atom stereocenters. The lowest BCUT2D eigenvalue weighted by Gasteiger charge is -2.32. The van der Waals surface area contributed by atoms with Crippen LogP contribution in [0.3, 0.4) is 0 Å². The van der Waals surface area contributed by atoms with E-state index in [0.29, 0.717) is 18.0 Å². The lowest BCUT2D eigenvalue weighted by atomic mass is 9.89. The van der Waals surface area contributed by atoms with Gasteiger partial charge in [-0.3, -0.25) is 9.69 Å². The summed E-state index contributed by atoms with van der Waals surface area (Å²) in [5, 5.41) is 3.03. The summed E-state index contributed by atoms with van der Waals surface area (Å²) in [6.07, 6.45) is 4.33. The molecule has 1 heterocycles. The van der Waals surface area contributed by atoms with Crippen LogP contribution in [-0.2, 0) is 13.1 Å². The van der Waals surface area contributed by atoms with Gasteiger partial charge in [0.05, 0.1) is 14.2 Å². The van der Waals surface area contributed by atoms with E-state index < -0.39 is 0 Å². The van der Waals surface area contributed by atoms with Gasteiger partial charge in [-0.25, -0.2) is 0 Å². The molecular formula is C29H34N2O3S. The molecule has 0 aromatic heterocycles. The standard InChI is InChI=1S/C29H34N2O3S/c1-33-27-13-6-22(18-28(27)34-2)20-31-16-14-24(15-17-31)23-7-4-21(5-8-23)19-30-29(32)25-9-11-26(35-3)12-10-25/h4-13,18,24H,14-17,19-20H2,1-3H3,(H,30,32). The molecule has 1 saturated heterocycles. The third kappa shape index (κ3) is 6.59. The molecule has 0 saturated carbocycles. The first kappa shape index (κ1) is 25.1. The van der Waals surface area contributed by atoms with Crippen LogP contribution in [0.2, 0.25) is 0 Å². The van der Waals surface area contributed by atoms with Gasteiger partial charge in [-0.05, 0) is 91.2 Å². The van der Waals surface area contributed by atoms with Crippen molar-refractivity contribution < 1.29 is 14.3 Å². The molecule has 3 aromatic carbocycles. The van der Waals surface area contributed by atoms with Crippen molar-refractivity contribution in [2.45, 2.75) is 36.7 Å². The molecule has 0 aliphatic carbocycles. The van der Waals surface area contributed by atoms with Gasteiger partial charge in [-0.15, -0.1) is 11.8 Å². The number of carbonyl (C=O) groups excluding carboxylic acids is 1. The summed E-state index contributed by atoms with van der Waals surface area (Å²) in [5.74, 6) is 2.09. The normalized spacial score (nSPS) is 14.5. The molecule has 1 amide bonds. The second kappa shape index (κ2) is 12.1. The SMILES string of the molecule is COc1ccc(CN2CCC(c3ccc(CNC(=O)c4ccc(SC)cc4)cc3)CC2)cc1OC. The van der Waals surface area contributed by atoms with Crippen molar-refractivity contribution in [2.24, 2.45) is 0 Å². The minimum Gasteiger partial charge on any atom is -0.493 e. The third-order valence-electron chi connectivity index (χ3n) is 6.70. The van der Waals surface area contributed by atoms with E-state index in [1.807, 2.05) is 36.6 Å². The number of amides is 1. The number of thioether (sulfide) groups is 1. The van der Waals surface area contributed by atoms with E-state index in [4.69, 9.17) is 9.47 Å². The Labute approximate surface area is 212 Å². The first-order valence-electron chi connectivity index (χ1n) is 12.0. The summed E-state index contributed by atoms with van der Waals surface area (Å²) in [6.45, 7) is 3.61. The maximum atomic E-state index is 12.4. The molecule has 1 N–H and O–H groups in total. The Morgan fingerprint density at radius 3 is 2.20 bits per heavy atom. The molecule has 4 rings (SSSR count). The highest BCUT2D eigenvalue weighted by atomic mass is 32.2. The summed E-state index contributed by atoms with van der Waals surface area (Å²) >= 11 is 1.67. The zero-order valence-electron chi connectivity index (χ0n) is 20.8. The zero-order chi connectivity index (χ0) is 24.6. The Bertz CT molecular complexity index is 1110. The van der Waals surface area contributed by atoms with Crippen LogP contribution >= 0.6 is 11.8 Å². The number of benzene rings is 3. The molecule has 0 unspecified atom stereocenters. The van der Waals surface area contributed by atoms with Gasteiger partial charge in [-0.1, -0.05) is 30.3 Å². The number of carbonyl (C=O) groups is 1. The van der Waals surface area contributed by atoms with Crippen molar-refractivity contribution in [3.05, 3.63) is 89.0 Å². The summed E-state index contributed by atoms with van der Waals surface area (Å²) in [7, 11) is 3.34. The highest BCUT2D eigenvalue weighted by molar-refractivity contribution is 7.98. The Hall–Kier alpha value is -2.96. The van der Waals surface area contributed by atoms with Crippen molar-refractivity contribution >= 4 is 17.7 Å². The Kier molecular flexibility index (Phi) is 8.72. The number of hydrogen-bond acceptors (Lipinski definition) is 5. The number of rotatable bonds is 9. The molecule has 0 bridgehead atoms. The molecule has 0 radical (unpaired) electrons. The van der Waals surface area contributed by atoms with Gasteiger partial charge >= 0.3 is 0 Å². The number of nitrogens with one attached hydrogen (secondary N) is 1. The van der Waals surface area contributed by atoms with E-state index in [2.05, 4.69) is 46.6 Å². The van der Waals surface area contributed by atoms with E-state index in [1.165, 1.54) is 11.1 Å². The molecule has 1 aliphatic heterocycles. The fraction of sp³-hybridized carbons (Fsp3) is 0.345. The van der Waals surface area contributed by atoms with Crippen molar-refractivity contribution in [1.82, 2.24) is 10.2 Å². The Morgan fingerprint density at radius 2 is 1.57 bits per heavy atom. The Balaban J connectivity index is 1.25. The van der Waals surface area contributed by atoms with E-state index in [0.717, 1.165) is 54.4 Å². The highest BCUT2D eigenvalue weighted by Crippen LogP contribution is 2.31. The van der Waals surface area contributed by atoms with Crippen molar-refractivity contribution in [1.29, 1.82) is 0 Å². The smallest absolute Gasteiger partial charge is 0.251 e. The number of methoxy groups -OCH3 is 2. The van der Waals surface area contributed by atoms with E-state index in [1.54, 1.807) is 26.0 Å².